The number of hydrogen-bond acceptors (Lipinski definition) is 4. The molecule has 4 aromatic rings. The average molecular weight is 236 g/mol. The van der Waals surface area contributed by atoms with Gasteiger partial charge in [0.05, 0.1) is 17.9 Å². The topological polar surface area (TPSA) is 61.4 Å². The Kier molecular flexibility index (Phi) is 1.74. The second kappa shape index (κ2) is 3.36. The first-order valence-electron chi connectivity index (χ1n) is 5.50. The van der Waals surface area contributed by atoms with E-state index in [1.54, 1.807) is 22.0 Å². The first-order chi connectivity index (χ1) is 8.93. The number of imidazole rings is 1. The SMILES string of the molecule is c1ccc2c(c1)cnn2-n1cnc2cncnc21. The van der Waals surface area contributed by atoms with E-state index in [0.29, 0.717) is 0 Å². The standard InChI is InChI=1S/C12H8N6/c1-2-4-11-9(3-1)5-16-18(11)17-8-15-10-6-13-7-14-12(10)17/h1-8H. The lowest BCUT2D eigenvalue weighted by Crippen LogP contribution is -2.09. The van der Waals surface area contributed by atoms with Crippen LogP contribution in [0.15, 0.2) is 49.3 Å². The highest BCUT2D eigenvalue weighted by atomic mass is 15.6. The zero-order valence-corrected chi connectivity index (χ0v) is 9.30. The van der Waals surface area contributed by atoms with Crippen molar-refractivity contribution in [3.63, 3.8) is 0 Å². The van der Waals surface area contributed by atoms with Crippen LogP contribution in [0.25, 0.3) is 22.1 Å². The van der Waals surface area contributed by atoms with Crippen molar-refractivity contribution < 1.29 is 0 Å². The number of hydrogen-bond donors (Lipinski definition) is 0. The number of benzene rings is 1. The molecule has 3 aromatic heterocycles. The highest BCUT2D eigenvalue weighted by Gasteiger charge is 2.08. The Morgan fingerprint density at radius 1 is 1.00 bits per heavy atom. The lowest BCUT2D eigenvalue weighted by molar-refractivity contribution is 0.608. The van der Waals surface area contributed by atoms with Gasteiger partial charge in [0.25, 0.3) is 0 Å². The van der Waals surface area contributed by atoms with Crippen LogP contribution in [0, 0.1) is 0 Å². The highest BCUT2D eigenvalue weighted by molar-refractivity contribution is 5.79. The Bertz CT molecular complexity index is 772. The number of rotatable bonds is 1. The summed E-state index contributed by atoms with van der Waals surface area (Å²) < 4.78 is 1.80. The molecule has 0 saturated carbocycles. The van der Waals surface area contributed by atoms with Gasteiger partial charge in [-0.1, -0.05) is 18.2 Å². The molecule has 18 heavy (non-hydrogen) atoms. The first kappa shape index (κ1) is 9.29. The summed E-state index contributed by atoms with van der Waals surface area (Å²) in [5, 5.41) is 5.44. The van der Waals surface area contributed by atoms with Crippen molar-refractivity contribution in [2.24, 2.45) is 0 Å². The van der Waals surface area contributed by atoms with Gasteiger partial charge in [-0.2, -0.15) is 9.89 Å². The third kappa shape index (κ3) is 1.17. The Labute approximate surface area is 102 Å². The fourth-order valence-electron chi connectivity index (χ4n) is 2.02. The summed E-state index contributed by atoms with van der Waals surface area (Å²) in [5.41, 5.74) is 2.49. The average Bonchev–Trinajstić information content (AvgIpc) is 3.01. The van der Waals surface area contributed by atoms with E-state index in [2.05, 4.69) is 20.1 Å². The van der Waals surface area contributed by atoms with E-state index in [1.807, 2.05) is 30.5 Å². The molecule has 0 atom stereocenters. The molecule has 1 aromatic carbocycles. The van der Waals surface area contributed by atoms with Crippen LogP contribution in [0.5, 0.6) is 0 Å². The zero-order valence-electron chi connectivity index (χ0n) is 9.30. The van der Waals surface area contributed by atoms with Gasteiger partial charge >= 0.3 is 0 Å². The van der Waals surface area contributed by atoms with E-state index in [9.17, 15) is 0 Å². The van der Waals surface area contributed by atoms with Gasteiger partial charge in [0.15, 0.2) is 5.65 Å². The smallest absolute Gasteiger partial charge is 0.184 e. The van der Waals surface area contributed by atoms with E-state index in [4.69, 9.17) is 0 Å². The van der Waals surface area contributed by atoms with Gasteiger partial charge in [0, 0.05) is 5.39 Å². The van der Waals surface area contributed by atoms with Crippen molar-refractivity contribution in [2.75, 3.05) is 0 Å². The van der Waals surface area contributed by atoms with Crippen molar-refractivity contribution in [1.82, 2.24) is 29.5 Å². The third-order valence-corrected chi connectivity index (χ3v) is 2.86. The summed E-state index contributed by atoms with van der Waals surface area (Å²) in [6.45, 7) is 0. The molecular weight excluding hydrogens is 228 g/mol. The predicted octanol–water partition coefficient (Wildman–Crippen LogP) is 1.49. The zero-order chi connectivity index (χ0) is 11.9. The minimum atomic E-state index is 0.735. The number of nitrogens with zero attached hydrogens (tertiary/aromatic N) is 6. The highest BCUT2D eigenvalue weighted by Crippen LogP contribution is 2.15. The van der Waals surface area contributed by atoms with Crippen molar-refractivity contribution in [3.8, 4) is 0 Å². The maximum atomic E-state index is 4.37. The first-order valence-corrected chi connectivity index (χ1v) is 5.50. The maximum absolute atomic E-state index is 4.37. The Hall–Kier alpha value is -2.76. The predicted molar refractivity (Wildman–Crippen MR) is 65.9 cm³/mol. The Balaban J connectivity index is 2.08. The molecule has 4 rings (SSSR count). The van der Waals surface area contributed by atoms with Crippen LogP contribution in [0.2, 0.25) is 0 Å². The molecule has 0 aliphatic rings. The molecule has 0 bridgehead atoms. The molecule has 0 amide bonds. The van der Waals surface area contributed by atoms with Gasteiger partial charge in [-0.3, -0.25) is 0 Å². The van der Waals surface area contributed by atoms with Gasteiger partial charge in [-0.25, -0.2) is 19.6 Å². The van der Waals surface area contributed by atoms with Crippen LogP contribution < -0.4 is 0 Å². The molecule has 86 valence electrons. The van der Waals surface area contributed by atoms with Crippen LogP contribution in [0.1, 0.15) is 0 Å². The summed E-state index contributed by atoms with van der Waals surface area (Å²) in [6.07, 6.45) is 6.71. The summed E-state index contributed by atoms with van der Waals surface area (Å²) in [6, 6.07) is 8.00. The largest absolute Gasteiger partial charge is 0.242 e. The van der Waals surface area contributed by atoms with E-state index in [-0.39, 0.29) is 0 Å². The fourth-order valence-corrected chi connectivity index (χ4v) is 2.02. The molecule has 0 unspecified atom stereocenters. The molecule has 3 heterocycles. The summed E-state index contributed by atoms with van der Waals surface area (Å²) in [4.78, 5) is 14.2. The summed E-state index contributed by atoms with van der Waals surface area (Å²) in [5.74, 6) is 0. The monoisotopic (exact) mass is 236 g/mol. The van der Waals surface area contributed by atoms with Gasteiger partial charge in [-0.05, 0) is 6.07 Å². The van der Waals surface area contributed by atoms with Crippen LogP contribution in [-0.2, 0) is 0 Å². The normalized spacial score (nSPS) is 11.3. The molecule has 0 fully saturated rings. The molecule has 6 nitrogen and oxygen atoms in total. The number of fused-ring (bicyclic) bond motifs is 2. The Morgan fingerprint density at radius 3 is 2.94 bits per heavy atom. The summed E-state index contributed by atoms with van der Waals surface area (Å²) in [7, 11) is 0. The maximum Gasteiger partial charge on any atom is 0.184 e. The molecular formula is C12H8N6. The van der Waals surface area contributed by atoms with E-state index < -0.39 is 0 Å². The van der Waals surface area contributed by atoms with E-state index >= 15 is 0 Å². The van der Waals surface area contributed by atoms with Crippen molar-refractivity contribution >= 4 is 22.1 Å². The minimum absolute atomic E-state index is 0.735. The van der Waals surface area contributed by atoms with Crippen molar-refractivity contribution in [1.29, 1.82) is 0 Å². The van der Waals surface area contributed by atoms with Gasteiger partial charge in [-0.15, -0.1) is 0 Å². The van der Waals surface area contributed by atoms with Crippen LogP contribution in [-0.4, -0.2) is 29.5 Å². The number of para-hydroxylation sites is 1. The third-order valence-electron chi connectivity index (χ3n) is 2.86. The minimum Gasteiger partial charge on any atom is -0.242 e. The van der Waals surface area contributed by atoms with Crippen LogP contribution in [0.4, 0.5) is 0 Å². The van der Waals surface area contributed by atoms with Crippen LogP contribution in [0.3, 0.4) is 0 Å². The van der Waals surface area contributed by atoms with Crippen LogP contribution >= 0.6 is 0 Å². The molecule has 0 spiro atoms. The molecule has 0 aliphatic carbocycles. The number of aromatic nitrogens is 6. The van der Waals surface area contributed by atoms with Crippen molar-refractivity contribution in [2.45, 2.75) is 0 Å². The van der Waals surface area contributed by atoms with Crippen molar-refractivity contribution in [3.05, 3.63) is 49.3 Å². The fraction of sp³-hybridized carbons (Fsp3) is 0. The second-order valence-corrected chi connectivity index (χ2v) is 3.91. The van der Waals surface area contributed by atoms with E-state index in [1.165, 1.54) is 6.33 Å². The molecule has 0 saturated heterocycles. The summed E-state index contributed by atoms with van der Waals surface area (Å²) >= 11 is 0. The lowest BCUT2D eigenvalue weighted by Gasteiger charge is -2.04. The van der Waals surface area contributed by atoms with Gasteiger partial charge in [0.1, 0.15) is 18.2 Å². The van der Waals surface area contributed by atoms with E-state index in [0.717, 1.165) is 22.1 Å². The Morgan fingerprint density at radius 2 is 1.94 bits per heavy atom. The molecule has 0 radical (unpaired) electrons. The molecule has 0 aliphatic heterocycles. The molecule has 0 N–H and O–H groups in total. The second-order valence-electron chi connectivity index (χ2n) is 3.91. The van der Waals surface area contributed by atoms with Gasteiger partial charge in [0.2, 0.25) is 0 Å². The quantitative estimate of drug-likeness (QED) is 0.502. The van der Waals surface area contributed by atoms with Gasteiger partial charge < -0.3 is 0 Å². The molecule has 6 heteroatoms. The lowest BCUT2D eigenvalue weighted by atomic mass is 10.3.